The lowest BCUT2D eigenvalue weighted by atomic mass is 10.1. The van der Waals surface area contributed by atoms with Gasteiger partial charge in [-0.3, -0.25) is 0 Å². The maximum Gasteiger partial charge on any atom is 0.130 e. The third-order valence-corrected chi connectivity index (χ3v) is 4.41. The van der Waals surface area contributed by atoms with Crippen molar-refractivity contribution < 1.29 is 0 Å². The van der Waals surface area contributed by atoms with Crippen molar-refractivity contribution in [3.8, 4) is 0 Å². The smallest absolute Gasteiger partial charge is 0.130 e. The Morgan fingerprint density at radius 2 is 1.59 bits per heavy atom. The molecule has 1 aliphatic heterocycles. The Hall–Kier alpha value is -2.26. The summed E-state index contributed by atoms with van der Waals surface area (Å²) < 4.78 is 1.09. The van der Waals surface area contributed by atoms with Crippen molar-refractivity contribution in [2.45, 2.75) is 6.17 Å². The van der Waals surface area contributed by atoms with E-state index in [2.05, 4.69) is 98.9 Å². The standard InChI is InChI=1S/C19H15BrN2/c20-15-8-6-7-14(13-15)19-21-17-11-4-5-12-18(17)22(19)16-9-2-1-3-10-16/h1-13,19,21H. The predicted molar refractivity (Wildman–Crippen MR) is 95.5 cm³/mol. The molecule has 1 atom stereocenters. The topological polar surface area (TPSA) is 15.3 Å². The van der Waals surface area contributed by atoms with E-state index in [1.807, 2.05) is 6.07 Å². The van der Waals surface area contributed by atoms with Gasteiger partial charge in [0.2, 0.25) is 0 Å². The quantitative estimate of drug-likeness (QED) is 0.636. The molecule has 1 aliphatic rings. The van der Waals surface area contributed by atoms with Gasteiger partial charge in [-0.25, -0.2) is 0 Å². The van der Waals surface area contributed by atoms with E-state index in [1.54, 1.807) is 0 Å². The Morgan fingerprint density at radius 3 is 2.41 bits per heavy atom. The van der Waals surface area contributed by atoms with Crippen LogP contribution in [0.15, 0.2) is 83.3 Å². The normalized spacial score (nSPS) is 16.2. The molecule has 0 bridgehead atoms. The van der Waals surface area contributed by atoms with Gasteiger partial charge >= 0.3 is 0 Å². The average Bonchev–Trinajstić information content (AvgIpc) is 2.95. The molecule has 1 N–H and O–H groups in total. The summed E-state index contributed by atoms with van der Waals surface area (Å²) in [4.78, 5) is 2.34. The Balaban J connectivity index is 1.85. The number of para-hydroxylation sites is 3. The average molecular weight is 351 g/mol. The maximum atomic E-state index is 3.63. The molecule has 3 heteroatoms. The van der Waals surface area contributed by atoms with Crippen LogP contribution in [0.1, 0.15) is 11.7 Å². The monoisotopic (exact) mass is 350 g/mol. The van der Waals surface area contributed by atoms with Crippen LogP contribution >= 0.6 is 15.9 Å². The molecular formula is C19H15BrN2. The summed E-state index contributed by atoms with van der Waals surface area (Å²) in [5.41, 5.74) is 4.79. The van der Waals surface area contributed by atoms with E-state index >= 15 is 0 Å². The lowest BCUT2D eigenvalue weighted by Gasteiger charge is -2.27. The number of rotatable bonds is 2. The first-order valence-corrected chi connectivity index (χ1v) is 8.07. The second-order valence-electron chi connectivity index (χ2n) is 5.32. The summed E-state index contributed by atoms with van der Waals surface area (Å²) in [6, 6.07) is 27.4. The van der Waals surface area contributed by atoms with Crippen LogP contribution in [0.3, 0.4) is 0 Å². The minimum absolute atomic E-state index is 0.0947. The number of halogens is 1. The van der Waals surface area contributed by atoms with Crippen LogP contribution in [0, 0.1) is 0 Å². The van der Waals surface area contributed by atoms with Gasteiger partial charge in [-0.05, 0) is 42.0 Å². The van der Waals surface area contributed by atoms with E-state index in [4.69, 9.17) is 0 Å². The lowest BCUT2D eigenvalue weighted by molar-refractivity contribution is 0.827. The highest BCUT2D eigenvalue weighted by Gasteiger charge is 2.30. The van der Waals surface area contributed by atoms with Crippen molar-refractivity contribution in [2.24, 2.45) is 0 Å². The maximum absolute atomic E-state index is 3.63. The number of nitrogens with one attached hydrogen (secondary N) is 1. The highest BCUT2D eigenvalue weighted by Crippen LogP contribution is 2.45. The van der Waals surface area contributed by atoms with Gasteiger partial charge in [-0.15, -0.1) is 0 Å². The van der Waals surface area contributed by atoms with Gasteiger partial charge in [0.05, 0.1) is 11.4 Å². The first-order chi connectivity index (χ1) is 10.8. The van der Waals surface area contributed by atoms with Crippen molar-refractivity contribution in [3.63, 3.8) is 0 Å². The SMILES string of the molecule is Brc1cccc(C2Nc3ccccc3N2c2ccccc2)c1. The molecule has 0 aromatic heterocycles. The number of fused-ring (bicyclic) bond motifs is 1. The van der Waals surface area contributed by atoms with Crippen LogP contribution in [0.4, 0.5) is 17.1 Å². The molecule has 0 saturated carbocycles. The molecule has 0 fully saturated rings. The Labute approximate surface area is 138 Å². The minimum atomic E-state index is 0.0947. The van der Waals surface area contributed by atoms with E-state index < -0.39 is 0 Å². The van der Waals surface area contributed by atoms with Crippen molar-refractivity contribution in [1.82, 2.24) is 0 Å². The summed E-state index contributed by atoms with van der Waals surface area (Å²) in [6.07, 6.45) is 0.0947. The molecule has 0 radical (unpaired) electrons. The Bertz CT molecular complexity index is 801. The number of anilines is 3. The molecule has 1 heterocycles. The predicted octanol–water partition coefficient (Wildman–Crippen LogP) is 5.71. The summed E-state index contributed by atoms with van der Waals surface area (Å²) in [6.45, 7) is 0. The van der Waals surface area contributed by atoms with Gasteiger partial charge in [0.15, 0.2) is 0 Å². The van der Waals surface area contributed by atoms with Gasteiger partial charge in [0.25, 0.3) is 0 Å². The zero-order valence-electron chi connectivity index (χ0n) is 11.9. The van der Waals surface area contributed by atoms with Gasteiger partial charge in [0, 0.05) is 10.2 Å². The molecule has 0 amide bonds. The molecule has 3 aromatic rings. The number of hydrogen-bond acceptors (Lipinski definition) is 2. The fraction of sp³-hybridized carbons (Fsp3) is 0.0526. The van der Waals surface area contributed by atoms with E-state index in [0.29, 0.717) is 0 Å². The zero-order valence-corrected chi connectivity index (χ0v) is 13.5. The van der Waals surface area contributed by atoms with E-state index in [-0.39, 0.29) is 6.17 Å². The highest BCUT2D eigenvalue weighted by molar-refractivity contribution is 9.10. The number of hydrogen-bond donors (Lipinski definition) is 1. The molecule has 3 aromatic carbocycles. The molecular weight excluding hydrogens is 336 g/mol. The largest absolute Gasteiger partial charge is 0.359 e. The fourth-order valence-corrected chi connectivity index (χ4v) is 3.36. The van der Waals surface area contributed by atoms with Crippen molar-refractivity contribution >= 4 is 33.0 Å². The van der Waals surface area contributed by atoms with E-state index in [0.717, 1.165) is 10.2 Å². The van der Waals surface area contributed by atoms with Crippen LogP contribution < -0.4 is 10.2 Å². The van der Waals surface area contributed by atoms with Crippen molar-refractivity contribution in [2.75, 3.05) is 10.2 Å². The summed E-state index contributed by atoms with van der Waals surface area (Å²) >= 11 is 3.57. The van der Waals surface area contributed by atoms with Gasteiger partial charge < -0.3 is 10.2 Å². The zero-order chi connectivity index (χ0) is 14.9. The van der Waals surface area contributed by atoms with Crippen molar-refractivity contribution in [1.29, 1.82) is 0 Å². The molecule has 0 saturated heterocycles. The molecule has 4 rings (SSSR count). The Morgan fingerprint density at radius 1 is 0.818 bits per heavy atom. The molecule has 0 spiro atoms. The number of benzene rings is 3. The molecule has 22 heavy (non-hydrogen) atoms. The second kappa shape index (κ2) is 5.50. The third kappa shape index (κ3) is 2.28. The van der Waals surface area contributed by atoms with Crippen molar-refractivity contribution in [3.05, 3.63) is 88.9 Å². The Kier molecular flexibility index (Phi) is 3.35. The van der Waals surface area contributed by atoms with Crippen LogP contribution in [0.25, 0.3) is 0 Å². The van der Waals surface area contributed by atoms with Crippen LogP contribution in [-0.4, -0.2) is 0 Å². The van der Waals surface area contributed by atoms with Crippen LogP contribution in [0.2, 0.25) is 0 Å². The molecule has 0 aliphatic carbocycles. The third-order valence-electron chi connectivity index (χ3n) is 3.91. The summed E-state index contributed by atoms with van der Waals surface area (Å²) in [5, 5.41) is 3.63. The first kappa shape index (κ1) is 13.4. The minimum Gasteiger partial charge on any atom is -0.359 e. The lowest BCUT2D eigenvalue weighted by Crippen LogP contribution is -2.23. The van der Waals surface area contributed by atoms with E-state index in [9.17, 15) is 0 Å². The highest BCUT2D eigenvalue weighted by atomic mass is 79.9. The summed E-state index contributed by atoms with van der Waals surface area (Å²) in [5.74, 6) is 0. The van der Waals surface area contributed by atoms with Crippen LogP contribution in [-0.2, 0) is 0 Å². The number of nitrogens with zero attached hydrogens (tertiary/aromatic N) is 1. The van der Waals surface area contributed by atoms with E-state index in [1.165, 1.54) is 16.9 Å². The second-order valence-corrected chi connectivity index (χ2v) is 6.24. The molecule has 1 unspecified atom stereocenters. The van der Waals surface area contributed by atoms with Gasteiger partial charge in [-0.2, -0.15) is 0 Å². The summed E-state index contributed by atoms with van der Waals surface area (Å²) in [7, 11) is 0. The molecule has 2 nitrogen and oxygen atoms in total. The first-order valence-electron chi connectivity index (χ1n) is 7.28. The van der Waals surface area contributed by atoms with Gasteiger partial charge in [0.1, 0.15) is 6.17 Å². The fourth-order valence-electron chi connectivity index (χ4n) is 2.94. The van der Waals surface area contributed by atoms with Crippen LogP contribution in [0.5, 0.6) is 0 Å². The van der Waals surface area contributed by atoms with Gasteiger partial charge in [-0.1, -0.05) is 58.4 Å². The molecule has 108 valence electrons.